The largest absolute Gasteiger partial charge is 1.00 e. The summed E-state index contributed by atoms with van der Waals surface area (Å²) in [5.41, 5.74) is 0. The van der Waals surface area contributed by atoms with E-state index in [0.717, 1.165) is 13.1 Å². The normalized spacial score (nSPS) is 9.36. The van der Waals surface area contributed by atoms with E-state index in [0.29, 0.717) is 0 Å². The van der Waals surface area contributed by atoms with Gasteiger partial charge in [-0.1, -0.05) is 0 Å². The molecule has 0 bridgehead atoms. The fourth-order valence-electron chi connectivity index (χ4n) is 1.21. The van der Waals surface area contributed by atoms with E-state index in [2.05, 4.69) is 42.3 Å². The second-order valence-corrected chi connectivity index (χ2v) is 2.42. The van der Waals surface area contributed by atoms with Gasteiger partial charge in [0.05, 0.1) is 13.1 Å². The smallest absolute Gasteiger partial charge is 0.253 e. The maximum Gasteiger partial charge on any atom is 0.253 e. The monoisotopic (exact) mass is 266 g/mol. The third-order valence-electron chi connectivity index (χ3n) is 1.94. The van der Waals surface area contributed by atoms with E-state index >= 15 is 0 Å². The maximum atomic E-state index is 2.24. The molecule has 3 heteroatoms. The minimum Gasteiger partial charge on any atom is -1.00 e. The van der Waals surface area contributed by atoms with Gasteiger partial charge in [-0.15, -0.1) is 0 Å². The molecule has 0 radical (unpaired) electrons. The number of nitrogens with zero attached hydrogens (tertiary/aromatic N) is 2. The summed E-state index contributed by atoms with van der Waals surface area (Å²) in [5.74, 6) is 1.34. The van der Waals surface area contributed by atoms with E-state index in [9.17, 15) is 0 Å². The number of hydrogen-bond acceptors (Lipinski definition) is 0. The molecule has 64 valence electrons. The zero-order valence-electron chi connectivity index (χ0n) is 7.34. The van der Waals surface area contributed by atoms with Gasteiger partial charge in [0.15, 0.2) is 0 Å². The SMILES string of the molecule is CCn1cc[n+](CC)c1C.[I-]. The molecule has 0 unspecified atom stereocenters. The molecule has 0 N–H and O–H groups in total. The van der Waals surface area contributed by atoms with Gasteiger partial charge in [-0.3, -0.25) is 0 Å². The van der Waals surface area contributed by atoms with Crippen LogP contribution in [0.5, 0.6) is 0 Å². The van der Waals surface area contributed by atoms with Crippen molar-refractivity contribution in [2.24, 2.45) is 0 Å². The predicted molar refractivity (Wildman–Crippen MR) is 40.7 cm³/mol. The zero-order chi connectivity index (χ0) is 7.56. The molecule has 0 aliphatic rings. The van der Waals surface area contributed by atoms with E-state index in [-0.39, 0.29) is 24.0 Å². The summed E-state index contributed by atoms with van der Waals surface area (Å²) in [6, 6.07) is 0. The summed E-state index contributed by atoms with van der Waals surface area (Å²) in [6.07, 6.45) is 4.25. The topological polar surface area (TPSA) is 8.81 Å². The quantitative estimate of drug-likeness (QED) is 0.438. The standard InChI is InChI=1S/C8H15N2.HI/c1-4-9-6-7-10(5-2)8(9)3;/h6-7H,4-5H2,1-3H3;1H/q+1;/p-1. The number of aryl methyl sites for hydroxylation is 2. The Labute approximate surface area is 85.2 Å². The van der Waals surface area contributed by atoms with Gasteiger partial charge in [-0.2, -0.15) is 0 Å². The summed E-state index contributed by atoms with van der Waals surface area (Å²) in [6.45, 7) is 8.60. The van der Waals surface area contributed by atoms with Gasteiger partial charge >= 0.3 is 0 Å². The highest BCUT2D eigenvalue weighted by atomic mass is 127. The lowest BCUT2D eigenvalue weighted by Gasteiger charge is -1.93. The first kappa shape index (κ1) is 10.9. The number of aromatic nitrogens is 2. The van der Waals surface area contributed by atoms with Gasteiger partial charge in [0.1, 0.15) is 12.4 Å². The van der Waals surface area contributed by atoms with Crippen molar-refractivity contribution in [3.05, 3.63) is 18.2 Å². The third-order valence-corrected chi connectivity index (χ3v) is 1.94. The molecule has 2 nitrogen and oxygen atoms in total. The highest BCUT2D eigenvalue weighted by Crippen LogP contribution is 1.91. The summed E-state index contributed by atoms with van der Waals surface area (Å²) in [7, 11) is 0. The van der Waals surface area contributed by atoms with E-state index in [4.69, 9.17) is 0 Å². The lowest BCUT2D eigenvalue weighted by Crippen LogP contribution is -3.00. The van der Waals surface area contributed by atoms with Crippen molar-refractivity contribution in [2.75, 3.05) is 0 Å². The van der Waals surface area contributed by atoms with E-state index < -0.39 is 0 Å². The molecule has 0 atom stereocenters. The Hall–Kier alpha value is -0.0600. The van der Waals surface area contributed by atoms with Crippen LogP contribution in [0.1, 0.15) is 19.7 Å². The highest BCUT2D eigenvalue weighted by Gasteiger charge is 2.06. The van der Waals surface area contributed by atoms with E-state index in [1.54, 1.807) is 0 Å². The van der Waals surface area contributed by atoms with Crippen molar-refractivity contribution in [2.45, 2.75) is 33.9 Å². The van der Waals surface area contributed by atoms with E-state index in [1.807, 2.05) is 0 Å². The van der Waals surface area contributed by atoms with Crippen molar-refractivity contribution < 1.29 is 28.5 Å². The summed E-state index contributed by atoms with van der Waals surface area (Å²) >= 11 is 0. The second-order valence-electron chi connectivity index (χ2n) is 2.42. The minimum atomic E-state index is 0. The molecule has 0 aliphatic carbocycles. The first-order chi connectivity index (χ1) is 4.79. The Kier molecular flexibility index (Phi) is 4.72. The van der Waals surface area contributed by atoms with Crippen LogP contribution in [0.15, 0.2) is 12.4 Å². The van der Waals surface area contributed by atoms with Crippen molar-refractivity contribution in [1.29, 1.82) is 0 Å². The minimum absolute atomic E-state index is 0. The molecule has 11 heavy (non-hydrogen) atoms. The Morgan fingerprint density at radius 1 is 1.45 bits per heavy atom. The predicted octanol–water partition coefficient (Wildman–Crippen LogP) is -1.87. The average Bonchev–Trinajstić information content (AvgIpc) is 2.30. The Morgan fingerprint density at radius 2 is 2.09 bits per heavy atom. The molecule has 1 aromatic rings. The molecule has 0 aromatic carbocycles. The third kappa shape index (κ3) is 2.18. The van der Waals surface area contributed by atoms with Crippen LogP contribution in [-0.4, -0.2) is 4.57 Å². The van der Waals surface area contributed by atoms with E-state index in [1.165, 1.54) is 5.82 Å². The number of imidazole rings is 1. The number of halogens is 1. The van der Waals surface area contributed by atoms with Crippen molar-refractivity contribution in [1.82, 2.24) is 4.57 Å². The van der Waals surface area contributed by atoms with Gasteiger partial charge < -0.3 is 24.0 Å². The maximum absolute atomic E-state index is 2.24. The first-order valence-electron chi connectivity index (χ1n) is 3.84. The van der Waals surface area contributed by atoms with Gasteiger partial charge in [0.25, 0.3) is 5.82 Å². The molecular formula is C8H15IN2. The van der Waals surface area contributed by atoms with Crippen LogP contribution in [-0.2, 0) is 13.1 Å². The average molecular weight is 266 g/mol. The van der Waals surface area contributed by atoms with Gasteiger partial charge in [-0.05, 0) is 13.8 Å². The van der Waals surface area contributed by atoms with Crippen LogP contribution in [0, 0.1) is 6.92 Å². The molecule has 1 aromatic heterocycles. The molecule has 1 rings (SSSR count). The van der Waals surface area contributed by atoms with Crippen LogP contribution in [0.3, 0.4) is 0 Å². The van der Waals surface area contributed by atoms with Crippen molar-refractivity contribution >= 4 is 0 Å². The first-order valence-corrected chi connectivity index (χ1v) is 3.84. The molecule has 0 aliphatic heterocycles. The van der Waals surface area contributed by atoms with Crippen LogP contribution in [0.4, 0.5) is 0 Å². The lowest BCUT2D eigenvalue weighted by atomic mass is 10.6. The van der Waals surface area contributed by atoms with Crippen molar-refractivity contribution in [3.8, 4) is 0 Å². The molecule has 0 spiro atoms. The van der Waals surface area contributed by atoms with Gasteiger partial charge in [0, 0.05) is 6.92 Å². The number of rotatable bonds is 2. The van der Waals surface area contributed by atoms with Crippen molar-refractivity contribution in [3.63, 3.8) is 0 Å². The molecule has 0 saturated carbocycles. The van der Waals surface area contributed by atoms with Gasteiger partial charge in [-0.25, -0.2) is 9.13 Å². The van der Waals surface area contributed by atoms with Crippen LogP contribution >= 0.6 is 0 Å². The van der Waals surface area contributed by atoms with Crippen LogP contribution in [0.25, 0.3) is 0 Å². The molecular weight excluding hydrogens is 251 g/mol. The Balaban J connectivity index is 0.000001000. The lowest BCUT2D eigenvalue weighted by molar-refractivity contribution is -0.699. The van der Waals surface area contributed by atoms with Crippen LogP contribution in [0.2, 0.25) is 0 Å². The Bertz CT molecular complexity index is 196. The number of hydrogen-bond donors (Lipinski definition) is 0. The summed E-state index contributed by atoms with van der Waals surface area (Å²) in [4.78, 5) is 0. The van der Waals surface area contributed by atoms with Crippen LogP contribution < -0.4 is 28.5 Å². The second kappa shape index (κ2) is 4.74. The highest BCUT2D eigenvalue weighted by molar-refractivity contribution is 4.78. The summed E-state index contributed by atoms with van der Waals surface area (Å²) < 4.78 is 4.48. The molecule has 0 fully saturated rings. The summed E-state index contributed by atoms with van der Waals surface area (Å²) in [5, 5.41) is 0. The Morgan fingerprint density at radius 3 is 2.36 bits per heavy atom. The molecule has 1 heterocycles. The fourth-order valence-corrected chi connectivity index (χ4v) is 1.21. The molecule has 0 amide bonds. The zero-order valence-corrected chi connectivity index (χ0v) is 9.50. The fraction of sp³-hybridized carbons (Fsp3) is 0.625. The molecule has 0 saturated heterocycles. The van der Waals surface area contributed by atoms with Gasteiger partial charge in [0.2, 0.25) is 0 Å².